The highest BCUT2D eigenvalue weighted by Crippen LogP contribution is 2.23. The summed E-state index contributed by atoms with van der Waals surface area (Å²) in [5, 5.41) is 0. The van der Waals surface area contributed by atoms with Gasteiger partial charge in [-0.05, 0) is 24.3 Å². The molecule has 0 spiro atoms. The van der Waals surface area contributed by atoms with Gasteiger partial charge in [0.1, 0.15) is 17.8 Å². The number of benzene rings is 1. The van der Waals surface area contributed by atoms with Crippen molar-refractivity contribution in [1.82, 2.24) is 9.97 Å². The van der Waals surface area contributed by atoms with E-state index in [1.165, 1.54) is 18.1 Å². The predicted molar refractivity (Wildman–Crippen MR) is 85.6 cm³/mol. The summed E-state index contributed by atoms with van der Waals surface area (Å²) in [6.45, 7) is 3.15. The zero-order valence-corrected chi connectivity index (χ0v) is 13.4. The highest BCUT2D eigenvalue weighted by atomic mass is 79.9. The van der Waals surface area contributed by atoms with Gasteiger partial charge in [0, 0.05) is 42.4 Å². The van der Waals surface area contributed by atoms with E-state index < -0.39 is 6.43 Å². The lowest BCUT2D eigenvalue weighted by Crippen LogP contribution is -2.46. The summed E-state index contributed by atoms with van der Waals surface area (Å²) in [4.78, 5) is 12.0. The number of rotatable bonds is 3. The number of aromatic nitrogens is 2. The molecule has 1 aliphatic heterocycles. The normalized spacial score (nSPS) is 15.5. The average molecular weight is 369 g/mol. The van der Waals surface area contributed by atoms with Crippen molar-refractivity contribution in [1.29, 1.82) is 0 Å². The Hall–Kier alpha value is -1.76. The second kappa shape index (κ2) is 6.56. The van der Waals surface area contributed by atoms with Crippen molar-refractivity contribution in [3.8, 4) is 0 Å². The molecule has 1 aromatic heterocycles. The molecular weight excluding hydrogens is 354 g/mol. The van der Waals surface area contributed by atoms with Gasteiger partial charge in [0.2, 0.25) is 0 Å². The van der Waals surface area contributed by atoms with E-state index in [1.54, 1.807) is 0 Å². The van der Waals surface area contributed by atoms with Crippen molar-refractivity contribution >= 4 is 27.4 Å². The zero-order chi connectivity index (χ0) is 15.5. The number of hydrogen-bond acceptors (Lipinski definition) is 4. The van der Waals surface area contributed by atoms with Crippen LogP contribution in [0, 0.1) is 0 Å². The van der Waals surface area contributed by atoms with E-state index in [1.807, 2.05) is 17.0 Å². The Morgan fingerprint density at radius 1 is 0.955 bits per heavy atom. The monoisotopic (exact) mass is 368 g/mol. The van der Waals surface area contributed by atoms with Crippen LogP contribution in [0.25, 0.3) is 0 Å². The van der Waals surface area contributed by atoms with Gasteiger partial charge in [-0.3, -0.25) is 0 Å². The van der Waals surface area contributed by atoms with Crippen molar-refractivity contribution < 1.29 is 8.78 Å². The topological polar surface area (TPSA) is 32.3 Å². The molecule has 7 heteroatoms. The molecule has 22 heavy (non-hydrogen) atoms. The molecule has 1 aliphatic rings. The van der Waals surface area contributed by atoms with Crippen LogP contribution in [-0.2, 0) is 0 Å². The van der Waals surface area contributed by atoms with Crippen LogP contribution in [0.2, 0.25) is 0 Å². The van der Waals surface area contributed by atoms with Crippen LogP contribution in [0.1, 0.15) is 12.1 Å². The smallest absolute Gasteiger partial charge is 0.280 e. The van der Waals surface area contributed by atoms with E-state index in [0.29, 0.717) is 5.82 Å². The van der Waals surface area contributed by atoms with Crippen LogP contribution < -0.4 is 9.80 Å². The molecule has 2 aromatic rings. The summed E-state index contributed by atoms with van der Waals surface area (Å²) in [5.41, 5.74) is 0.944. The third kappa shape index (κ3) is 3.35. The number of nitrogens with zero attached hydrogens (tertiary/aromatic N) is 4. The third-order valence-electron chi connectivity index (χ3n) is 3.69. The Labute approximate surface area is 135 Å². The molecule has 3 rings (SSSR count). The molecule has 116 valence electrons. The molecule has 1 aromatic carbocycles. The van der Waals surface area contributed by atoms with Gasteiger partial charge in [-0.1, -0.05) is 15.9 Å². The van der Waals surface area contributed by atoms with Gasteiger partial charge in [-0.25, -0.2) is 18.7 Å². The van der Waals surface area contributed by atoms with Crippen molar-refractivity contribution in [2.45, 2.75) is 6.43 Å². The lowest BCUT2D eigenvalue weighted by molar-refractivity contribution is 0.146. The molecule has 0 amide bonds. The minimum atomic E-state index is -2.56. The Morgan fingerprint density at radius 2 is 1.59 bits per heavy atom. The molecule has 4 nitrogen and oxygen atoms in total. The predicted octanol–water partition coefficient (Wildman–Crippen LogP) is 3.50. The Bertz CT molecular complexity index is 628. The maximum absolute atomic E-state index is 12.7. The number of halogens is 3. The molecule has 0 radical (unpaired) electrons. The molecule has 0 aliphatic carbocycles. The largest absolute Gasteiger partial charge is 0.368 e. The van der Waals surface area contributed by atoms with Crippen LogP contribution in [-0.4, -0.2) is 36.1 Å². The summed E-state index contributed by atoms with van der Waals surface area (Å²) < 4.78 is 26.5. The minimum absolute atomic E-state index is 0.222. The van der Waals surface area contributed by atoms with E-state index in [-0.39, 0.29) is 5.69 Å². The third-order valence-corrected chi connectivity index (χ3v) is 4.22. The van der Waals surface area contributed by atoms with Crippen molar-refractivity contribution in [2.24, 2.45) is 0 Å². The molecule has 1 saturated heterocycles. The van der Waals surface area contributed by atoms with Crippen LogP contribution >= 0.6 is 15.9 Å². The summed E-state index contributed by atoms with van der Waals surface area (Å²) in [6, 6.07) is 9.54. The van der Waals surface area contributed by atoms with Gasteiger partial charge >= 0.3 is 0 Å². The SMILES string of the molecule is FC(F)c1cc(N2CCN(c3ccc(Br)cc3)CC2)ncn1. The fourth-order valence-electron chi connectivity index (χ4n) is 2.50. The molecule has 0 saturated carbocycles. The fraction of sp³-hybridized carbons (Fsp3) is 0.333. The maximum atomic E-state index is 12.7. The van der Waals surface area contributed by atoms with E-state index in [4.69, 9.17) is 0 Å². The summed E-state index contributed by atoms with van der Waals surface area (Å²) in [7, 11) is 0. The Kier molecular flexibility index (Phi) is 4.52. The van der Waals surface area contributed by atoms with E-state index in [0.717, 1.165) is 30.7 Å². The van der Waals surface area contributed by atoms with Crippen LogP contribution in [0.5, 0.6) is 0 Å². The summed E-state index contributed by atoms with van der Waals surface area (Å²) in [6.07, 6.45) is -1.36. The second-order valence-electron chi connectivity index (χ2n) is 5.05. The number of anilines is 2. The highest BCUT2D eigenvalue weighted by Gasteiger charge is 2.20. The molecule has 0 atom stereocenters. The first-order chi connectivity index (χ1) is 10.6. The van der Waals surface area contributed by atoms with Crippen LogP contribution in [0.4, 0.5) is 20.3 Å². The lowest BCUT2D eigenvalue weighted by atomic mass is 10.2. The molecule has 0 unspecified atom stereocenters. The second-order valence-corrected chi connectivity index (χ2v) is 5.97. The molecule has 1 fully saturated rings. The van der Waals surface area contributed by atoms with Crippen LogP contribution in [0.15, 0.2) is 41.1 Å². The van der Waals surface area contributed by atoms with E-state index >= 15 is 0 Å². The summed E-state index contributed by atoms with van der Waals surface area (Å²) in [5.74, 6) is 0.570. The van der Waals surface area contributed by atoms with Crippen LogP contribution in [0.3, 0.4) is 0 Å². The molecule has 0 bridgehead atoms. The summed E-state index contributed by atoms with van der Waals surface area (Å²) >= 11 is 3.43. The standard InChI is InChI=1S/C15H15BrF2N4/c16-11-1-3-12(4-2-11)21-5-7-22(8-6-21)14-9-13(15(17)18)19-10-20-14/h1-4,9-10,15H,5-8H2. The molecular formula is C15H15BrF2N4. The first kappa shape index (κ1) is 15.1. The van der Waals surface area contributed by atoms with Gasteiger partial charge in [-0.15, -0.1) is 0 Å². The number of alkyl halides is 2. The van der Waals surface area contributed by atoms with Gasteiger partial charge in [0.05, 0.1) is 0 Å². The Morgan fingerprint density at radius 3 is 2.23 bits per heavy atom. The first-order valence-electron chi connectivity index (χ1n) is 6.99. The van der Waals surface area contributed by atoms with Crippen molar-refractivity contribution in [3.05, 3.63) is 46.8 Å². The van der Waals surface area contributed by atoms with Gasteiger partial charge in [0.25, 0.3) is 6.43 Å². The van der Waals surface area contributed by atoms with E-state index in [9.17, 15) is 8.78 Å². The van der Waals surface area contributed by atoms with Crippen molar-refractivity contribution in [3.63, 3.8) is 0 Å². The van der Waals surface area contributed by atoms with Gasteiger partial charge in [-0.2, -0.15) is 0 Å². The first-order valence-corrected chi connectivity index (χ1v) is 7.78. The van der Waals surface area contributed by atoms with Gasteiger partial charge in [0.15, 0.2) is 0 Å². The lowest BCUT2D eigenvalue weighted by Gasteiger charge is -2.36. The number of hydrogen-bond donors (Lipinski definition) is 0. The molecule has 0 N–H and O–H groups in total. The minimum Gasteiger partial charge on any atom is -0.368 e. The van der Waals surface area contributed by atoms with Gasteiger partial charge < -0.3 is 9.80 Å². The molecule has 2 heterocycles. The van der Waals surface area contributed by atoms with E-state index in [2.05, 4.69) is 42.9 Å². The Balaban J connectivity index is 1.66. The highest BCUT2D eigenvalue weighted by molar-refractivity contribution is 9.10. The van der Waals surface area contributed by atoms with Crippen molar-refractivity contribution in [2.75, 3.05) is 36.0 Å². The fourth-order valence-corrected chi connectivity index (χ4v) is 2.76. The number of piperazine rings is 1. The maximum Gasteiger partial charge on any atom is 0.280 e. The average Bonchev–Trinajstić information content (AvgIpc) is 2.56. The zero-order valence-electron chi connectivity index (χ0n) is 11.8. The quantitative estimate of drug-likeness (QED) is 0.829.